The molecule has 1 atom stereocenters. The zero-order valence-corrected chi connectivity index (χ0v) is 11.6. The van der Waals surface area contributed by atoms with E-state index in [9.17, 15) is 0 Å². The van der Waals surface area contributed by atoms with E-state index in [1.165, 1.54) is 27.9 Å². The first-order valence-electron chi connectivity index (χ1n) is 6.47. The molecular weight excluding hydrogens is 218 g/mol. The summed E-state index contributed by atoms with van der Waals surface area (Å²) in [4.78, 5) is 0. The lowest BCUT2D eigenvalue weighted by Gasteiger charge is -2.19. The number of hydrogen-bond acceptors (Lipinski definition) is 1. The minimum atomic E-state index is 0.326. The summed E-state index contributed by atoms with van der Waals surface area (Å²) in [5.41, 5.74) is 6.53. The number of anilines is 1. The van der Waals surface area contributed by atoms with Gasteiger partial charge in [-0.25, -0.2) is 0 Å². The topological polar surface area (TPSA) is 12.0 Å². The van der Waals surface area contributed by atoms with Crippen molar-refractivity contribution in [2.45, 2.75) is 33.7 Å². The van der Waals surface area contributed by atoms with Gasteiger partial charge in [0.1, 0.15) is 0 Å². The summed E-state index contributed by atoms with van der Waals surface area (Å²) >= 11 is 0. The minimum absolute atomic E-state index is 0.326. The highest BCUT2D eigenvalue weighted by Crippen LogP contribution is 2.24. The van der Waals surface area contributed by atoms with Crippen LogP contribution in [0.2, 0.25) is 0 Å². The van der Waals surface area contributed by atoms with Gasteiger partial charge in [0, 0.05) is 11.7 Å². The molecule has 2 aromatic rings. The Bertz CT molecular complexity index is 543. The van der Waals surface area contributed by atoms with Crippen LogP contribution in [0.25, 0.3) is 0 Å². The van der Waals surface area contributed by atoms with Gasteiger partial charge >= 0.3 is 0 Å². The van der Waals surface area contributed by atoms with E-state index in [2.05, 4.69) is 75.5 Å². The summed E-state index contributed by atoms with van der Waals surface area (Å²) in [7, 11) is 0. The summed E-state index contributed by atoms with van der Waals surface area (Å²) in [5, 5.41) is 3.59. The van der Waals surface area contributed by atoms with E-state index in [4.69, 9.17) is 0 Å². The molecule has 1 nitrogen and oxygen atoms in total. The molecule has 0 aliphatic carbocycles. The van der Waals surface area contributed by atoms with Crippen LogP contribution in [0.3, 0.4) is 0 Å². The first-order valence-corrected chi connectivity index (χ1v) is 6.47. The molecule has 0 aromatic heterocycles. The number of aryl methyl sites for hydroxylation is 3. The number of nitrogens with one attached hydrogen (secondary N) is 1. The van der Waals surface area contributed by atoms with Crippen LogP contribution in [0.5, 0.6) is 0 Å². The van der Waals surface area contributed by atoms with Crippen molar-refractivity contribution >= 4 is 5.69 Å². The van der Waals surface area contributed by atoms with Gasteiger partial charge in [0.15, 0.2) is 0 Å². The Balaban J connectivity index is 2.22. The highest BCUT2D eigenvalue weighted by Gasteiger charge is 2.09. The van der Waals surface area contributed by atoms with Gasteiger partial charge in [-0.3, -0.25) is 0 Å². The van der Waals surface area contributed by atoms with Crippen LogP contribution in [-0.4, -0.2) is 0 Å². The fourth-order valence-electron chi connectivity index (χ4n) is 2.36. The summed E-state index contributed by atoms with van der Waals surface area (Å²) in [6.45, 7) is 8.66. The van der Waals surface area contributed by atoms with Gasteiger partial charge < -0.3 is 5.32 Å². The molecule has 94 valence electrons. The molecule has 1 unspecified atom stereocenters. The van der Waals surface area contributed by atoms with Crippen LogP contribution in [0, 0.1) is 20.8 Å². The van der Waals surface area contributed by atoms with Crippen LogP contribution >= 0.6 is 0 Å². The second-order valence-electron chi connectivity index (χ2n) is 5.04. The molecule has 0 fully saturated rings. The zero-order valence-electron chi connectivity index (χ0n) is 11.6. The summed E-state index contributed by atoms with van der Waals surface area (Å²) in [5.74, 6) is 0. The molecule has 0 spiro atoms. The molecule has 0 aliphatic heterocycles. The largest absolute Gasteiger partial charge is 0.378 e. The lowest BCUT2D eigenvalue weighted by atomic mass is 10.00. The fraction of sp³-hybridized carbons (Fsp3) is 0.294. The maximum Gasteiger partial charge on any atom is 0.0488 e. The number of rotatable bonds is 3. The van der Waals surface area contributed by atoms with Crippen molar-refractivity contribution in [3.05, 3.63) is 64.7 Å². The first kappa shape index (κ1) is 12.7. The minimum Gasteiger partial charge on any atom is -0.378 e. The smallest absolute Gasteiger partial charge is 0.0488 e. The Labute approximate surface area is 110 Å². The van der Waals surface area contributed by atoms with Crippen molar-refractivity contribution < 1.29 is 0 Å². The molecule has 2 aromatic carbocycles. The van der Waals surface area contributed by atoms with E-state index < -0.39 is 0 Å². The Hall–Kier alpha value is -1.76. The number of benzene rings is 2. The number of hydrogen-bond donors (Lipinski definition) is 1. The van der Waals surface area contributed by atoms with Gasteiger partial charge in [-0.1, -0.05) is 42.0 Å². The lowest BCUT2D eigenvalue weighted by molar-refractivity contribution is 0.871. The maximum atomic E-state index is 3.59. The average Bonchev–Trinajstić information content (AvgIpc) is 2.32. The Morgan fingerprint density at radius 3 is 2.28 bits per heavy atom. The summed E-state index contributed by atoms with van der Waals surface area (Å²) in [6.07, 6.45) is 0. The monoisotopic (exact) mass is 239 g/mol. The molecule has 0 saturated carbocycles. The second kappa shape index (κ2) is 5.26. The third-order valence-corrected chi connectivity index (χ3v) is 3.41. The Morgan fingerprint density at radius 1 is 0.889 bits per heavy atom. The van der Waals surface area contributed by atoms with Gasteiger partial charge in [0.2, 0.25) is 0 Å². The Kier molecular flexibility index (Phi) is 3.71. The van der Waals surface area contributed by atoms with E-state index in [0.717, 1.165) is 0 Å². The van der Waals surface area contributed by atoms with E-state index in [1.807, 2.05) is 0 Å². The molecule has 18 heavy (non-hydrogen) atoms. The lowest BCUT2D eigenvalue weighted by Crippen LogP contribution is -2.09. The molecule has 0 radical (unpaired) electrons. The van der Waals surface area contributed by atoms with E-state index in [0.29, 0.717) is 6.04 Å². The molecule has 0 aliphatic rings. The van der Waals surface area contributed by atoms with Gasteiger partial charge in [-0.05, 0) is 50.5 Å². The normalized spacial score (nSPS) is 12.2. The molecule has 1 N–H and O–H groups in total. The first-order chi connectivity index (χ1) is 8.58. The van der Waals surface area contributed by atoms with Crippen LogP contribution < -0.4 is 5.32 Å². The van der Waals surface area contributed by atoms with Gasteiger partial charge in [-0.2, -0.15) is 0 Å². The highest BCUT2D eigenvalue weighted by molar-refractivity contribution is 5.52. The molecule has 0 amide bonds. The predicted octanol–water partition coefficient (Wildman–Crippen LogP) is 4.78. The fourth-order valence-corrected chi connectivity index (χ4v) is 2.36. The SMILES string of the molecule is Cc1ccc(C(C)Nc2ccccc2C)c(C)c1. The average molecular weight is 239 g/mol. The van der Waals surface area contributed by atoms with Crippen LogP contribution in [0.15, 0.2) is 42.5 Å². The maximum absolute atomic E-state index is 3.59. The zero-order chi connectivity index (χ0) is 13.1. The summed E-state index contributed by atoms with van der Waals surface area (Å²) in [6, 6.07) is 15.4. The van der Waals surface area contributed by atoms with Crippen LogP contribution in [-0.2, 0) is 0 Å². The van der Waals surface area contributed by atoms with Crippen molar-refractivity contribution in [1.82, 2.24) is 0 Å². The van der Waals surface area contributed by atoms with E-state index in [-0.39, 0.29) is 0 Å². The summed E-state index contributed by atoms with van der Waals surface area (Å²) < 4.78 is 0. The predicted molar refractivity (Wildman–Crippen MR) is 79.1 cm³/mol. The molecular formula is C17H21N. The van der Waals surface area contributed by atoms with Crippen LogP contribution in [0.1, 0.15) is 35.2 Å². The molecule has 0 heterocycles. The molecule has 0 bridgehead atoms. The van der Waals surface area contributed by atoms with Gasteiger partial charge in [0.05, 0.1) is 0 Å². The third kappa shape index (κ3) is 2.73. The van der Waals surface area contributed by atoms with Gasteiger partial charge in [-0.15, -0.1) is 0 Å². The van der Waals surface area contributed by atoms with Crippen molar-refractivity contribution in [3.63, 3.8) is 0 Å². The Morgan fingerprint density at radius 2 is 1.61 bits per heavy atom. The van der Waals surface area contributed by atoms with Crippen molar-refractivity contribution in [3.8, 4) is 0 Å². The van der Waals surface area contributed by atoms with Crippen LogP contribution in [0.4, 0.5) is 5.69 Å². The second-order valence-corrected chi connectivity index (χ2v) is 5.04. The van der Waals surface area contributed by atoms with E-state index >= 15 is 0 Å². The molecule has 2 rings (SSSR count). The quantitative estimate of drug-likeness (QED) is 0.812. The van der Waals surface area contributed by atoms with Crippen molar-refractivity contribution in [2.24, 2.45) is 0 Å². The van der Waals surface area contributed by atoms with E-state index in [1.54, 1.807) is 0 Å². The van der Waals surface area contributed by atoms with Crippen molar-refractivity contribution in [1.29, 1.82) is 0 Å². The van der Waals surface area contributed by atoms with Gasteiger partial charge in [0.25, 0.3) is 0 Å². The van der Waals surface area contributed by atoms with Crippen molar-refractivity contribution in [2.75, 3.05) is 5.32 Å². The number of para-hydroxylation sites is 1. The highest BCUT2D eigenvalue weighted by atomic mass is 14.9. The standard InChI is InChI=1S/C17H21N/c1-12-9-10-16(14(3)11-12)15(4)18-17-8-6-5-7-13(17)2/h5-11,15,18H,1-4H3. The molecule has 0 saturated heterocycles. The third-order valence-electron chi connectivity index (χ3n) is 3.41. The molecule has 1 heteroatoms.